The molecule has 1 aliphatic heterocycles. The van der Waals surface area contributed by atoms with Crippen molar-refractivity contribution in [3.63, 3.8) is 0 Å². The molecular formula is C15H30N2O2. The monoisotopic (exact) mass is 270 g/mol. The molecule has 0 bridgehead atoms. The third kappa shape index (κ3) is 4.46. The molecule has 19 heavy (non-hydrogen) atoms. The number of nitrogens with one attached hydrogen (secondary N) is 1. The predicted octanol–water partition coefficient (Wildman–Crippen LogP) is 2.24. The van der Waals surface area contributed by atoms with E-state index in [0.29, 0.717) is 25.0 Å². The minimum absolute atomic E-state index is 0.0439. The highest BCUT2D eigenvalue weighted by atomic mass is 16.5. The Hall–Kier alpha value is -0.610. The summed E-state index contributed by atoms with van der Waals surface area (Å²) in [6.45, 7) is 14.0. The van der Waals surface area contributed by atoms with Crippen molar-refractivity contribution >= 4 is 5.91 Å². The lowest BCUT2D eigenvalue weighted by Gasteiger charge is -2.28. The van der Waals surface area contributed by atoms with Crippen LogP contribution in [0.25, 0.3) is 0 Å². The SMILES string of the molecule is CCOC(C)CN1C(=O)C(C(C)C)NC1CC(C)C. The van der Waals surface area contributed by atoms with Crippen molar-refractivity contribution in [1.82, 2.24) is 10.2 Å². The van der Waals surface area contributed by atoms with E-state index < -0.39 is 0 Å². The number of nitrogens with zero attached hydrogens (tertiary/aromatic N) is 1. The maximum Gasteiger partial charge on any atom is 0.241 e. The highest BCUT2D eigenvalue weighted by Gasteiger charge is 2.40. The van der Waals surface area contributed by atoms with Crippen LogP contribution >= 0.6 is 0 Å². The van der Waals surface area contributed by atoms with E-state index in [0.717, 1.165) is 6.42 Å². The molecule has 0 spiro atoms. The second-order valence-corrected chi connectivity index (χ2v) is 6.29. The van der Waals surface area contributed by atoms with Crippen molar-refractivity contribution in [2.24, 2.45) is 11.8 Å². The van der Waals surface area contributed by atoms with Gasteiger partial charge in [0.25, 0.3) is 0 Å². The lowest BCUT2D eigenvalue weighted by atomic mass is 10.0. The maximum atomic E-state index is 12.5. The standard InChI is InChI=1S/C15H30N2O2/c1-7-19-12(6)9-17-13(8-10(2)3)16-14(11(4)5)15(17)18/h10-14,16H,7-9H2,1-6H3. The van der Waals surface area contributed by atoms with E-state index in [4.69, 9.17) is 4.74 Å². The Bertz CT molecular complexity index is 292. The summed E-state index contributed by atoms with van der Waals surface area (Å²) >= 11 is 0. The molecular weight excluding hydrogens is 240 g/mol. The fraction of sp³-hybridized carbons (Fsp3) is 0.933. The lowest BCUT2D eigenvalue weighted by Crippen LogP contribution is -2.42. The molecule has 0 saturated carbocycles. The average molecular weight is 270 g/mol. The second-order valence-electron chi connectivity index (χ2n) is 6.29. The van der Waals surface area contributed by atoms with E-state index in [1.54, 1.807) is 0 Å². The van der Waals surface area contributed by atoms with Crippen LogP contribution in [0.4, 0.5) is 0 Å². The van der Waals surface area contributed by atoms with Gasteiger partial charge < -0.3 is 9.64 Å². The first kappa shape index (κ1) is 16.4. The number of carbonyl (C=O) groups is 1. The first-order valence-corrected chi connectivity index (χ1v) is 7.54. The van der Waals surface area contributed by atoms with E-state index in [1.807, 2.05) is 18.7 Å². The molecule has 0 aromatic carbocycles. The molecule has 0 radical (unpaired) electrons. The smallest absolute Gasteiger partial charge is 0.241 e. The van der Waals surface area contributed by atoms with E-state index in [1.165, 1.54) is 0 Å². The summed E-state index contributed by atoms with van der Waals surface area (Å²) in [6.07, 6.45) is 1.24. The number of hydrogen-bond acceptors (Lipinski definition) is 3. The van der Waals surface area contributed by atoms with Crippen LogP contribution in [0.1, 0.15) is 48.0 Å². The van der Waals surface area contributed by atoms with Crippen LogP contribution in [0.15, 0.2) is 0 Å². The molecule has 0 aliphatic carbocycles. The van der Waals surface area contributed by atoms with E-state index in [2.05, 4.69) is 33.0 Å². The number of amides is 1. The van der Waals surface area contributed by atoms with Gasteiger partial charge in [0.05, 0.1) is 18.3 Å². The average Bonchev–Trinajstić information content (AvgIpc) is 2.57. The minimum atomic E-state index is -0.0439. The Morgan fingerprint density at radius 1 is 1.26 bits per heavy atom. The highest BCUT2D eigenvalue weighted by molar-refractivity contribution is 5.84. The fourth-order valence-corrected chi connectivity index (χ4v) is 2.65. The quantitative estimate of drug-likeness (QED) is 0.771. The van der Waals surface area contributed by atoms with Crippen molar-refractivity contribution in [1.29, 1.82) is 0 Å². The molecule has 0 aromatic heterocycles. The first-order chi connectivity index (χ1) is 8.86. The third-order valence-electron chi connectivity index (χ3n) is 3.56. The molecule has 0 aromatic rings. The molecule has 1 N–H and O–H groups in total. The Labute approximate surface area is 117 Å². The van der Waals surface area contributed by atoms with E-state index in [-0.39, 0.29) is 24.2 Å². The summed E-state index contributed by atoms with van der Waals surface area (Å²) in [7, 11) is 0. The maximum absolute atomic E-state index is 12.5. The molecule has 1 amide bonds. The normalized spacial score (nSPS) is 25.7. The molecule has 1 fully saturated rings. The van der Waals surface area contributed by atoms with Crippen molar-refractivity contribution in [3.05, 3.63) is 0 Å². The Balaban J connectivity index is 2.73. The third-order valence-corrected chi connectivity index (χ3v) is 3.56. The van der Waals surface area contributed by atoms with Gasteiger partial charge in [0, 0.05) is 13.2 Å². The number of rotatable bonds is 7. The minimum Gasteiger partial charge on any atom is -0.377 e. The van der Waals surface area contributed by atoms with Crippen molar-refractivity contribution in [2.75, 3.05) is 13.2 Å². The zero-order chi connectivity index (χ0) is 14.6. The Morgan fingerprint density at radius 2 is 1.89 bits per heavy atom. The summed E-state index contributed by atoms with van der Waals surface area (Å²) in [5, 5.41) is 3.49. The van der Waals surface area contributed by atoms with Crippen molar-refractivity contribution in [3.8, 4) is 0 Å². The van der Waals surface area contributed by atoms with E-state index in [9.17, 15) is 4.79 Å². The summed E-state index contributed by atoms with van der Waals surface area (Å²) < 4.78 is 5.58. The van der Waals surface area contributed by atoms with Gasteiger partial charge in [-0.2, -0.15) is 0 Å². The van der Waals surface area contributed by atoms with Crippen LogP contribution in [0.5, 0.6) is 0 Å². The molecule has 112 valence electrons. The molecule has 3 atom stereocenters. The molecule has 3 unspecified atom stereocenters. The largest absolute Gasteiger partial charge is 0.377 e. The molecule has 1 aliphatic rings. The fourth-order valence-electron chi connectivity index (χ4n) is 2.65. The van der Waals surface area contributed by atoms with Crippen LogP contribution in [0.2, 0.25) is 0 Å². The zero-order valence-corrected chi connectivity index (χ0v) is 13.3. The van der Waals surface area contributed by atoms with E-state index >= 15 is 0 Å². The van der Waals surface area contributed by atoms with Gasteiger partial charge in [-0.15, -0.1) is 0 Å². The van der Waals surface area contributed by atoms with Gasteiger partial charge in [-0.1, -0.05) is 27.7 Å². The van der Waals surface area contributed by atoms with Gasteiger partial charge in [0.15, 0.2) is 0 Å². The van der Waals surface area contributed by atoms with Gasteiger partial charge >= 0.3 is 0 Å². The van der Waals surface area contributed by atoms with Crippen LogP contribution in [-0.2, 0) is 9.53 Å². The highest BCUT2D eigenvalue weighted by Crippen LogP contribution is 2.22. The molecule has 4 heteroatoms. The Kier molecular flexibility index (Phi) is 6.27. The van der Waals surface area contributed by atoms with Crippen LogP contribution < -0.4 is 5.32 Å². The van der Waals surface area contributed by atoms with Crippen LogP contribution in [0, 0.1) is 11.8 Å². The first-order valence-electron chi connectivity index (χ1n) is 7.54. The summed E-state index contributed by atoms with van der Waals surface area (Å²) in [5.74, 6) is 1.13. The van der Waals surface area contributed by atoms with Gasteiger partial charge in [0.1, 0.15) is 0 Å². The van der Waals surface area contributed by atoms with Crippen LogP contribution in [0.3, 0.4) is 0 Å². The zero-order valence-electron chi connectivity index (χ0n) is 13.3. The molecule has 1 saturated heterocycles. The number of hydrogen-bond donors (Lipinski definition) is 1. The molecule has 1 heterocycles. The second kappa shape index (κ2) is 7.25. The molecule has 1 rings (SSSR count). The lowest BCUT2D eigenvalue weighted by molar-refractivity contribution is -0.132. The summed E-state index contributed by atoms with van der Waals surface area (Å²) in [5.41, 5.74) is 0. The topological polar surface area (TPSA) is 41.6 Å². The summed E-state index contributed by atoms with van der Waals surface area (Å²) in [4.78, 5) is 14.5. The number of ether oxygens (including phenoxy) is 1. The van der Waals surface area contributed by atoms with Gasteiger partial charge in [-0.3, -0.25) is 10.1 Å². The molecule has 4 nitrogen and oxygen atoms in total. The van der Waals surface area contributed by atoms with Crippen LogP contribution in [-0.4, -0.2) is 42.3 Å². The summed E-state index contributed by atoms with van der Waals surface area (Å²) in [6, 6.07) is -0.0439. The van der Waals surface area contributed by atoms with Crippen molar-refractivity contribution in [2.45, 2.75) is 66.3 Å². The number of carbonyl (C=O) groups excluding carboxylic acids is 1. The Morgan fingerprint density at radius 3 is 2.37 bits per heavy atom. The predicted molar refractivity (Wildman–Crippen MR) is 77.8 cm³/mol. The van der Waals surface area contributed by atoms with Gasteiger partial charge in [0.2, 0.25) is 5.91 Å². The van der Waals surface area contributed by atoms with Gasteiger partial charge in [-0.25, -0.2) is 0 Å². The van der Waals surface area contributed by atoms with Crippen molar-refractivity contribution < 1.29 is 9.53 Å². The van der Waals surface area contributed by atoms with Gasteiger partial charge in [-0.05, 0) is 32.1 Å².